The highest BCUT2D eigenvalue weighted by Gasteiger charge is 2.13. The number of aryl methyl sites for hydroxylation is 1. The van der Waals surface area contributed by atoms with Crippen LogP contribution in [0.4, 0.5) is 5.69 Å². The van der Waals surface area contributed by atoms with Gasteiger partial charge in [-0.3, -0.25) is 4.79 Å². The summed E-state index contributed by atoms with van der Waals surface area (Å²) in [6.07, 6.45) is 3.25. The lowest BCUT2D eigenvalue weighted by Crippen LogP contribution is -2.29. The number of hydrogen-bond acceptors (Lipinski definition) is 2. The molecule has 0 saturated heterocycles. The normalized spacial score (nSPS) is 10.7. The number of hydrogen-bond donors (Lipinski definition) is 2. The molecule has 1 aromatic rings. The lowest BCUT2D eigenvalue weighted by atomic mass is 10.0. The van der Waals surface area contributed by atoms with Crippen molar-refractivity contribution in [2.75, 3.05) is 18.4 Å². The molecule has 20 heavy (non-hydrogen) atoms. The fourth-order valence-corrected chi connectivity index (χ4v) is 2.17. The lowest BCUT2D eigenvalue weighted by Gasteiger charge is -2.16. The molecule has 3 heteroatoms. The van der Waals surface area contributed by atoms with E-state index in [1.165, 1.54) is 0 Å². The summed E-state index contributed by atoms with van der Waals surface area (Å²) in [5, 5.41) is 6.39. The fraction of sp³-hybridized carbons (Fsp3) is 0.588. The number of anilines is 1. The third kappa shape index (κ3) is 4.87. The zero-order valence-electron chi connectivity index (χ0n) is 13.3. The molecular weight excluding hydrogens is 248 g/mol. The number of amides is 1. The van der Waals surface area contributed by atoms with Gasteiger partial charge in [0.15, 0.2) is 0 Å². The van der Waals surface area contributed by atoms with E-state index in [1.54, 1.807) is 0 Å². The van der Waals surface area contributed by atoms with E-state index in [1.807, 2.05) is 25.1 Å². The first kappa shape index (κ1) is 16.5. The van der Waals surface area contributed by atoms with Gasteiger partial charge in [-0.15, -0.1) is 0 Å². The van der Waals surface area contributed by atoms with Crippen LogP contribution in [0.1, 0.15) is 56.0 Å². The molecule has 0 atom stereocenters. The van der Waals surface area contributed by atoms with Crippen molar-refractivity contribution < 1.29 is 4.79 Å². The molecule has 0 aliphatic rings. The minimum Gasteiger partial charge on any atom is -0.384 e. The first-order valence-corrected chi connectivity index (χ1v) is 7.75. The molecule has 0 heterocycles. The molecule has 1 aromatic carbocycles. The molecule has 0 saturated carbocycles. The van der Waals surface area contributed by atoms with Gasteiger partial charge < -0.3 is 10.6 Å². The smallest absolute Gasteiger partial charge is 0.253 e. The molecule has 0 unspecified atom stereocenters. The maximum Gasteiger partial charge on any atom is 0.253 e. The molecule has 0 aliphatic heterocycles. The van der Waals surface area contributed by atoms with Gasteiger partial charge in [0.1, 0.15) is 0 Å². The third-order valence-electron chi connectivity index (χ3n) is 3.69. The van der Waals surface area contributed by atoms with Crippen LogP contribution in [0.25, 0.3) is 0 Å². The van der Waals surface area contributed by atoms with Gasteiger partial charge in [-0.05, 0) is 31.4 Å². The van der Waals surface area contributed by atoms with Gasteiger partial charge in [0.25, 0.3) is 5.91 Å². The second-order valence-corrected chi connectivity index (χ2v) is 5.37. The molecule has 0 aromatic heterocycles. The largest absolute Gasteiger partial charge is 0.384 e. The predicted octanol–water partition coefficient (Wildman–Crippen LogP) is 3.98. The highest BCUT2D eigenvalue weighted by atomic mass is 16.1. The molecule has 0 fully saturated rings. The summed E-state index contributed by atoms with van der Waals surface area (Å²) >= 11 is 0. The fourth-order valence-electron chi connectivity index (χ4n) is 2.17. The molecule has 0 aliphatic carbocycles. The van der Waals surface area contributed by atoms with Crippen molar-refractivity contribution in [3.63, 3.8) is 0 Å². The van der Waals surface area contributed by atoms with E-state index in [2.05, 4.69) is 31.4 Å². The molecule has 1 rings (SSSR count). The minimum atomic E-state index is 0.0270. The maximum absolute atomic E-state index is 12.4. The van der Waals surface area contributed by atoms with Crippen molar-refractivity contribution in [1.82, 2.24) is 5.32 Å². The van der Waals surface area contributed by atoms with Crippen LogP contribution in [0.3, 0.4) is 0 Å². The Bertz CT molecular complexity index is 425. The van der Waals surface area contributed by atoms with Crippen molar-refractivity contribution in [2.45, 2.75) is 47.0 Å². The monoisotopic (exact) mass is 276 g/mol. The van der Waals surface area contributed by atoms with Gasteiger partial charge in [0, 0.05) is 18.8 Å². The highest BCUT2D eigenvalue weighted by Crippen LogP contribution is 2.18. The number of rotatable bonds is 8. The molecule has 3 nitrogen and oxygen atoms in total. The summed E-state index contributed by atoms with van der Waals surface area (Å²) < 4.78 is 0. The number of nitrogens with one attached hydrogen (secondary N) is 2. The molecule has 0 spiro atoms. The molecule has 0 radical (unpaired) electrons. The quantitative estimate of drug-likeness (QED) is 0.754. The number of carbonyl (C=O) groups is 1. The van der Waals surface area contributed by atoms with Gasteiger partial charge in [-0.25, -0.2) is 0 Å². The average molecular weight is 276 g/mol. The van der Waals surface area contributed by atoms with E-state index >= 15 is 0 Å². The summed E-state index contributed by atoms with van der Waals surface area (Å²) in [5.41, 5.74) is 2.80. The van der Waals surface area contributed by atoms with Gasteiger partial charge in [-0.2, -0.15) is 0 Å². The zero-order valence-corrected chi connectivity index (χ0v) is 13.3. The van der Waals surface area contributed by atoms with E-state index < -0.39 is 0 Å². The van der Waals surface area contributed by atoms with Crippen molar-refractivity contribution in [3.8, 4) is 0 Å². The molecular formula is C17H28N2O. The third-order valence-corrected chi connectivity index (χ3v) is 3.69. The average Bonchev–Trinajstić information content (AvgIpc) is 2.46. The van der Waals surface area contributed by atoms with Gasteiger partial charge in [0.05, 0.1) is 5.56 Å². The lowest BCUT2D eigenvalue weighted by molar-refractivity contribution is 0.0947. The van der Waals surface area contributed by atoms with Crippen LogP contribution < -0.4 is 10.6 Å². The van der Waals surface area contributed by atoms with Gasteiger partial charge >= 0.3 is 0 Å². The summed E-state index contributed by atoms with van der Waals surface area (Å²) in [6.45, 7) is 10.1. The second kappa shape index (κ2) is 8.62. The first-order valence-electron chi connectivity index (χ1n) is 7.75. The standard InChI is InChI=1S/C17H28N2O/c1-5-10-18-16-9-8-13(4)11-15(16)17(20)19-12-14(6-2)7-3/h8-9,11,14,18H,5-7,10,12H2,1-4H3,(H,19,20). The van der Waals surface area contributed by atoms with Gasteiger partial charge in [0.2, 0.25) is 0 Å². The van der Waals surface area contributed by atoms with E-state index in [0.29, 0.717) is 5.92 Å². The molecule has 1 amide bonds. The van der Waals surface area contributed by atoms with Crippen LogP contribution in [-0.2, 0) is 0 Å². The van der Waals surface area contributed by atoms with Crippen LogP contribution in [0, 0.1) is 12.8 Å². The Morgan fingerprint density at radius 3 is 2.50 bits per heavy atom. The Balaban J connectivity index is 2.76. The van der Waals surface area contributed by atoms with E-state index in [9.17, 15) is 4.79 Å². The van der Waals surface area contributed by atoms with Crippen LogP contribution in [0.15, 0.2) is 18.2 Å². The Morgan fingerprint density at radius 2 is 1.90 bits per heavy atom. The Morgan fingerprint density at radius 1 is 1.20 bits per heavy atom. The first-order chi connectivity index (χ1) is 9.62. The topological polar surface area (TPSA) is 41.1 Å². The predicted molar refractivity (Wildman–Crippen MR) is 86.4 cm³/mol. The summed E-state index contributed by atoms with van der Waals surface area (Å²) in [4.78, 5) is 12.4. The Kier molecular flexibility index (Phi) is 7.13. The number of benzene rings is 1. The summed E-state index contributed by atoms with van der Waals surface area (Å²) in [5.74, 6) is 0.593. The zero-order chi connectivity index (χ0) is 15.0. The van der Waals surface area contributed by atoms with Crippen LogP contribution in [0.5, 0.6) is 0 Å². The van der Waals surface area contributed by atoms with Crippen molar-refractivity contribution >= 4 is 11.6 Å². The number of carbonyl (C=O) groups excluding carboxylic acids is 1. The van der Waals surface area contributed by atoms with E-state index in [-0.39, 0.29) is 5.91 Å². The second-order valence-electron chi connectivity index (χ2n) is 5.37. The SMILES string of the molecule is CCCNc1ccc(C)cc1C(=O)NCC(CC)CC. The molecule has 2 N–H and O–H groups in total. The van der Waals surface area contributed by atoms with E-state index in [0.717, 1.165) is 49.2 Å². The van der Waals surface area contributed by atoms with Crippen molar-refractivity contribution in [2.24, 2.45) is 5.92 Å². The minimum absolute atomic E-state index is 0.0270. The highest BCUT2D eigenvalue weighted by molar-refractivity contribution is 5.99. The summed E-state index contributed by atoms with van der Waals surface area (Å²) in [6, 6.07) is 5.99. The van der Waals surface area contributed by atoms with Gasteiger partial charge in [-0.1, -0.05) is 45.2 Å². The van der Waals surface area contributed by atoms with Crippen molar-refractivity contribution in [1.29, 1.82) is 0 Å². The van der Waals surface area contributed by atoms with Crippen molar-refractivity contribution in [3.05, 3.63) is 29.3 Å². The molecule has 0 bridgehead atoms. The summed E-state index contributed by atoms with van der Waals surface area (Å²) in [7, 11) is 0. The Labute approximate surface area is 123 Å². The maximum atomic E-state index is 12.4. The van der Waals surface area contributed by atoms with Crippen LogP contribution in [-0.4, -0.2) is 19.0 Å². The van der Waals surface area contributed by atoms with Crippen LogP contribution in [0.2, 0.25) is 0 Å². The molecule has 112 valence electrons. The van der Waals surface area contributed by atoms with E-state index in [4.69, 9.17) is 0 Å². The van der Waals surface area contributed by atoms with Crippen LogP contribution >= 0.6 is 0 Å². The Hall–Kier alpha value is -1.51.